The minimum atomic E-state index is -0.930. The Morgan fingerprint density at radius 3 is 2.67 bits per heavy atom. The van der Waals surface area contributed by atoms with Crippen LogP contribution in [0.5, 0.6) is 0 Å². The van der Waals surface area contributed by atoms with E-state index in [9.17, 15) is 9.90 Å². The van der Waals surface area contributed by atoms with Gasteiger partial charge >= 0.3 is 5.97 Å². The van der Waals surface area contributed by atoms with Crippen molar-refractivity contribution in [1.29, 1.82) is 0 Å². The molecule has 0 unspecified atom stereocenters. The maximum absolute atomic E-state index is 10.7. The summed E-state index contributed by atoms with van der Waals surface area (Å²) in [7, 11) is 0. The van der Waals surface area contributed by atoms with Crippen LogP contribution >= 0.6 is 11.8 Å². The van der Waals surface area contributed by atoms with E-state index in [4.69, 9.17) is 5.11 Å². The van der Waals surface area contributed by atoms with E-state index in [2.05, 4.69) is 0 Å². The molecular formula is C11H14O3S. The van der Waals surface area contributed by atoms with Crippen LogP contribution in [0.2, 0.25) is 0 Å². The number of hydrogen-bond donors (Lipinski definition) is 2. The van der Waals surface area contributed by atoms with Gasteiger partial charge < -0.3 is 10.2 Å². The highest BCUT2D eigenvalue weighted by Crippen LogP contribution is 2.23. The smallest absolute Gasteiger partial charge is 0.335 e. The van der Waals surface area contributed by atoms with Crippen molar-refractivity contribution in [3.05, 3.63) is 29.8 Å². The normalized spacial score (nSPS) is 11.4. The molecule has 0 saturated carbocycles. The maximum Gasteiger partial charge on any atom is 0.335 e. The summed E-state index contributed by atoms with van der Waals surface area (Å²) in [6.07, 6.45) is 0. The minimum absolute atomic E-state index is 0.274. The summed E-state index contributed by atoms with van der Waals surface area (Å²) in [5, 5.41) is 18.3. The number of hydrogen-bond acceptors (Lipinski definition) is 3. The number of thioether (sulfide) groups is 1. The van der Waals surface area contributed by atoms with Crippen LogP contribution in [0.4, 0.5) is 0 Å². The number of benzene rings is 1. The van der Waals surface area contributed by atoms with Crippen LogP contribution in [0, 0.1) is 0 Å². The van der Waals surface area contributed by atoms with Gasteiger partial charge in [-0.15, -0.1) is 11.8 Å². The van der Waals surface area contributed by atoms with Crippen molar-refractivity contribution in [3.63, 3.8) is 0 Å². The average Bonchev–Trinajstić information content (AvgIpc) is 2.14. The molecule has 0 bridgehead atoms. The molecule has 0 aliphatic carbocycles. The Morgan fingerprint density at radius 1 is 1.47 bits per heavy atom. The van der Waals surface area contributed by atoms with Crippen molar-refractivity contribution in [1.82, 2.24) is 0 Å². The topological polar surface area (TPSA) is 57.5 Å². The first-order chi connectivity index (χ1) is 6.88. The Bertz CT molecular complexity index is 355. The number of aromatic carboxylic acids is 1. The van der Waals surface area contributed by atoms with Crippen LogP contribution in [0.3, 0.4) is 0 Å². The molecule has 1 aromatic carbocycles. The Hall–Kier alpha value is -1.00. The first-order valence-electron chi connectivity index (χ1n) is 4.57. The molecule has 0 atom stereocenters. The minimum Gasteiger partial charge on any atom is -0.478 e. The predicted molar refractivity (Wildman–Crippen MR) is 60.4 cm³/mol. The Kier molecular flexibility index (Phi) is 3.77. The summed E-state index contributed by atoms with van der Waals surface area (Å²) in [6.45, 7) is 3.45. The number of carboxylic acid groups (broad SMARTS) is 1. The maximum atomic E-state index is 10.7. The summed E-state index contributed by atoms with van der Waals surface area (Å²) in [6, 6.07) is 6.70. The molecule has 0 aliphatic heterocycles. The lowest BCUT2D eigenvalue weighted by molar-refractivity contribution is 0.0696. The lowest BCUT2D eigenvalue weighted by Crippen LogP contribution is -2.21. The van der Waals surface area contributed by atoms with Crippen molar-refractivity contribution in [2.24, 2.45) is 0 Å². The zero-order valence-electron chi connectivity index (χ0n) is 8.73. The van der Waals surface area contributed by atoms with Gasteiger partial charge in [-0.2, -0.15) is 0 Å². The molecule has 0 radical (unpaired) electrons. The third-order valence-corrected chi connectivity index (χ3v) is 3.11. The van der Waals surface area contributed by atoms with Crippen LogP contribution in [0.1, 0.15) is 24.2 Å². The van der Waals surface area contributed by atoms with Gasteiger partial charge in [0.2, 0.25) is 0 Å². The van der Waals surface area contributed by atoms with Crippen LogP contribution in [-0.2, 0) is 0 Å². The van der Waals surface area contributed by atoms with E-state index in [1.54, 1.807) is 32.0 Å². The molecule has 0 aromatic heterocycles. The quantitative estimate of drug-likeness (QED) is 0.773. The SMILES string of the molecule is CC(C)(O)CSc1cccc(C(=O)O)c1. The number of rotatable bonds is 4. The zero-order valence-corrected chi connectivity index (χ0v) is 9.54. The molecule has 0 spiro atoms. The van der Waals surface area contributed by atoms with E-state index in [0.29, 0.717) is 5.75 Å². The van der Waals surface area contributed by atoms with Gasteiger partial charge in [-0.05, 0) is 32.0 Å². The highest BCUT2D eigenvalue weighted by atomic mass is 32.2. The predicted octanol–water partition coefficient (Wildman–Crippen LogP) is 2.25. The Balaban J connectivity index is 2.70. The van der Waals surface area contributed by atoms with Gasteiger partial charge in [0.1, 0.15) is 0 Å². The lowest BCUT2D eigenvalue weighted by Gasteiger charge is -2.16. The van der Waals surface area contributed by atoms with Crippen LogP contribution in [-0.4, -0.2) is 27.5 Å². The first kappa shape index (κ1) is 12.1. The summed E-state index contributed by atoms with van der Waals surface area (Å²) in [4.78, 5) is 11.6. The molecule has 3 nitrogen and oxygen atoms in total. The van der Waals surface area contributed by atoms with Gasteiger partial charge in [0.25, 0.3) is 0 Å². The van der Waals surface area contributed by atoms with Gasteiger partial charge in [0.15, 0.2) is 0 Å². The molecule has 4 heteroatoms. The van der Waals surface area contributed by atoms with Gasteiger partial charge in [-0.1, -0.05) is 6.07 Å². The second kappa shape index (κ2) is 4.68. The van der Waals surface area contributed by atoms with Gasteiger partial charge in [-0.25, -0.2) is 4.79 Å². The number of aliphatic hydroxyl groups is 1. The summed E-state index contributed by atoms with van der Waals surface area (Å²) >= 11 is 1.45. The van der Waals surface area contributed by atoms with E-state index >= 15 is 0 Å². The Labute approximate surface area is 93.1 Å². The van der Waals surface area contributed by atoms with Crippen molar-refractivity contribution in [3.8, 4) is 0 Å². The second-order valence-electron chi connectivity index (χ2n) is 3.93. The highest BCUT2D eigenvalue weighted by molar-refractivity contribution is 7.99. The van der Waals surface area contributed by atoms with Gasteiger partial charge in [0, 0.05) is 10.6 Å². The number of carboxylic acids is 1. The molecule has 0 saturated heterocycles. The molecule has 0 aliphatic rings. The average molecular weight is 226 g/mol. The molecule has 0 heterocycles. The Morgan fingerprint density at radius 2 is 2.13 bits per heavy atom. The largest absolute Gasteiger partial charge is 0.478 e. The van der Waals surface area contributed by atoms with Crippen molar-refractivity contribution in [2.75, 3.05) is 5.75 Å². The van der Waals surface area contributed by atoms with Gasteiger partial charge in [0.05, 0.1) is 11.2 Å². The zero-order chi connectivity index (χ0) is 11.5. The monoisotopic (exact) mass is 226 g/mol. The molecule has 1 aromatic rings. The van der Waals surface area contributed by atoms with Crippen molar-refractivity contribution < 1.29 is 15.0 Å². The fourth-order valence-electron chi connectivity index (χ4n) is 0.979. The highest BCUT2D eigenvalue weighted by Gasteiger charge is 2.13. The second-order valence-corrected chi connectivity index (χ2v) is 4.98. The summed E-state index contributed by atoms with van der Waals surface area (Å²) in [5.41, 5.74) is -0.472. The molecule has 2 N–H and O–H groups in total. The van der Waals surface area contributed by atoms with E-state index in [1.807, 2.05) is 6.07 Å². The summed E-state index contributed by atoms with van der Waals surface area (Å²) < 4.78 is 0. The third-order valence-electron chi connectivity index (χ3n) is 1.67. The lowest BCUT2D eigenvalue weighted by atomic mass is 10.2. The molecule has 82 valence electrons. The molecule has 0 fully saturated rings. The molecule has 15 heavy (non-hydrogen) atoms. The third kappa shape index (κ3) is 4.36. The van der Waals surface area contributed by atoms with E-state index in [0.717, 1.165) is 4.90 Å². The fourth-order valence-corrected chi connectivity index (χ4v) is 1.88. The molecular weight excluding hydrogens is 212 g/mol. The van der Waals surface area contributed by atoms with E-state index in [-0.39, 0.29) is 5.56 Å². The summed E-state index contributed by atoms with van der Waals surface area (Å²) in [5.74, 6) is -0.392. The standard InChI is InChI=1S/C11H14O3S/c1-11(2,14)7-15-9-5-3-4-8(6-9)10(12)13/h3-6,14H,7H2,1-2H3,(H,12,13). The van der Waals surface area contributed by atoms with Gasteiger partial charge in [-0.3, -0.25) is 0 Å². The fraction of sp³-hybridized carbons (Fsp3) is 0.364. The molecule has 0 amide bonds. The van der Waals surface area contributed by atoms with Crippen molar-refractivity contribution in [2.45, 2.75) is 24.3 Å². The van der Waals surface area contributed by atoms with Crippen LogP contribution in [0.25, 0.3) is 0 Å². The molecule has 1 rings (SSSR count). The van der Waals surface area contributed by atoms with Crippen LogP contribution < -0.4 is 0 Å². The van der Waals surface area contributed by atoms with Crippen molar-refractivity contribution >= 4 is 17.7 Å². The number of carbonyl (C=O) groups is 1. The first-order valence-corrected chi connectivity index (χ1v) is 5.55. The van der Waals surface area contributed by atoms with E-state index in [1.165, 1.54) is 11.8 Å². The van der Waals surface area contributed by atoms with Crippen LogP contribution in [0.15, 0.2) is 29.2 Å². The van der Waals surface area contributed by atoms with E-state index < -0.39 is 11.6 Å².